The lowest BCUT2D eigenvalue weighted by Gasteiger charge is -2.11. The summed E-state index contributed by atoms with van der Waals surface area (Å²) in [4.78, 5) is 32.9. The maximum Gasteiger partial charge on any atom is 0.269 e. The molecule has 0 aliphatic carbocycles. The molecule has 102 valence electrons. The molecular weight excluding hydrogens is 260 g/mol. The van der Waals surface area contributed by atoms with Crippen LogP contribution in [-0.2, 0) is 6.54 Å². The van der Waals surface area contributed by atoms with Gasteiger partial charge in [0.2, 0.25) is 0 Å². The van der Waals surface area contributed by atoms with Crippen LogP contribution in [0, 0.1) is 10.1 Å². The predicted octanol–water partition coefficient (Wildman–Crippen LogP) is 2.26. The first-order valence-corrected chi connectivity index (χ1v) is 6.02. The fourth-order valence-electron chi connectivity index (χ4n) is 2.00. The first-order chi connectivity index (χ1) is 9.58. The summed E-state index contributed by atoms with van der Waals surface area (Å²) < 4.78 is 1.46. The van der Waals surface area contributed by atoms with E-state index in [1.165, 1.54) is 22.8 Å². The zero-order valence-electron chi connectivity index (χ0n) is 10.8. The highest BCUT2D eigenvalue weighted by atomic mass is 16.6. The van der Waals surface area contributed by atoms with E-state index in [1.807, 2.05) is 0 Å². The highest BCUT2D eigenvalue weighted by molar-refractivity contribution is 5.75. The van der Waals surface area contributed by atoms with Crippen molar-refractivity contribution >= 4 is 12.0 Å². The zero-order chi connectivity index (χ0) is 14.7. The SMILES string of the molecule is CCn1c(-c2ccc([N+](=O)[O-])cc2)ccc(C=O)c1=O. The molecule has 0 aliphatic heterocycles. The number of rotatable bonds is 4. The first kappa shape index (κ1) is 13.7. The van der Waals surface area contributed by atoms with Crippen LogP contribution >= 0.6 is 0 Å². The van der Waals surface area contributed by atoms with E-state index in [1.54, 1.807) is 25.1 Å². The highest BCUT2D eigenvalue weighted by Crippen LogP contribution is 2.21. The maximum absolute atomic E-state index is 12.0. The summed E-state index contributed by atoms with van der Waals surface area (Å²) in [5, 5.41) is 10.6. The van der Waals surface area contributed by atoms with Crippen LogP contribution in [0.5, 0.6) is 0 Å². The number of nitrogens with zero attached hydrogens (tertiary/aromatic N) is 2. The molecule has 0 amide bonds. The molecule has 0 spiro atoms. The van der Waals surface area contributed by atoms with Crippen LogP contribution in [0.1, 0.15) is 17.3 Å². The topological polar surface area (TPSA) is 82.2 Å². The van der Waals surface area contributed by atoms with Crippen molar-refractivity contribution in [2.45, 2.75) is 13.5 Å². The zero-order valence-corrected chi connectivity index (χ0v) is 10.8. The second-order valence-corrected chi connectivity index (χ2v) is 4.15. The second-order valence-electron chi connectivity index (χ2n) is 4.15. The van der Waals surface area contributed by atoms with E-state index >= 15 is 0 Å². The monoisotopic (exact) mass is 272 g/mol. The van der Waals surface area contributed by atoms with Crippen molar-refractivity contribution in [2.75, 3.05) is 0 Å². The van der Waals surface area contributed by atoms with Crippen molar-refractivity contribution in [1.29, 1.82) is 0 Å². The van der Waals surface area contributed by atoms with E-state index in [0.29, 0.717) is 24.1 Å². The summed E-state index contributed by atoms with van der Waals surface area (Å²) in [5.41, 5.74) is 1.03. The molecule has 1 aromatic heterocycles. The highest BCUT2D eigenvalue weighted by Gasteiger charge is 2.10. The number of carbonyl (C=O) groups is 1. The van der Waals surface area contributed by atoms with Crippen LogP contribution in [0.3, 0.4) is 0 Å². The van der Waals surface area contributed by atoms with Gasteiger partial charge >= 0.3 is 0 Å². The van der Waals surface area contributed by atoms with E-state index < -0.39 is 4.92 Å². The minimum absolute atomic E-state index is 0.0105. The van der Waals surface area contributed by atoms with Gasteiger partial charge in [-0.25, -0.2) is 0 Å². The number of carbonyl (C=O) groups excluding carboxylic acids is 1. The molecule has 0 atom stereocenters. The van der Waals surface area contributed by atoms with Crippen LogP contribution in [-0.4, -0.2) is 15.8 Å². The number of benzene rings is 1. The molecule has 1 aromatic carbocycles. The van der Waals surface area contributed by atoms with Crippen LogP contribution in [0.15, 0.2) is 41.2 Å². The van der Waals surface area contributed by atoms with Gasteiger partial charge in [-0.05, 0) is 36.8 Å². The van der Waals surface area contributed by atoms with Gasteiger partial charge in [0.15, 0.2) is 6.29 Å². The minimum Gasteiger partial charge on any atom is -0.308 e. The fraction of sp³-hybridized carbons (Fsp3) is 0.143. The Bertz CT molecular complexity index is 717. The average molecular weight is 272 g/mol. The van der Waals surface area contributed by atoms with Gasteiger partial charge < -0.3 is 4.57 Å². The van der Waals surface area contributed by atoms with Gasteiger partial charge in [-0.1, -0.05) is 0 Å². The van der Waals surface area contributed by atoms with Crippen molar-refractivity contribution < 1.29 is 9.72 Å². The smallest absolute Gasteiger partial charge is 0.269 e. The van der Waals surface area contributed by atoms with E-state index in [4.69, 9.17) is 0 Å². The van der Waals surface area contributed by atoms with Gasteiger partial charge in [0.25, 0.3) is 11.2 Å². The molecule has 0 unspecified atom stereocenters. The Balaban J connectivity index is 2.58. The second kappa shape index (κ2) is 5.48. The van der Waals surface area contributed by atoms with Crippen LogP contribution < -0.4 is 5.56 Å². The molecule has 0 fully saturated rings. The molecule has 0 aliphatic rings. The molecule has 0 bridgehead atoms. The van der Waals surface area contributed by atoms with Crippen molar-refractivity contribution in [2.24, 2.45) is 0 Å². The average Bonchev–Trinajstić information content (AvgIpc) is 2.47. The fourth-order valence-corrected chi connectivity index (χ4v) is 2.00. The van der Waals surface area contributed by atoms with Crippen LogP contribution in [0.2, 0.25) is 0 Å². The number of aromatic nitrogens is 1. The van der Waals surface area contributed by atoms with Gasteiger partial charge in [0, 0.05) is 18.7 Å². The number of pyridine rings is 1. The van der Waals surface area contributed by atoms with Gasteiger partial charge in [-0.3, -0.25) is 19.7 Å². The molecule has 6 nitrogen and oxygen atoms in total. The Hall–Kier alpha value is -2.76. The Morgan fingerprint density at radius 3 is 2.35 bits per heavy atom. The summed E-state index contributed by atoms with van der Waals surface area (Å²) in [6, 6.07) is 9.05. The Morgan fingerprint density at radius 1 is 1.20 bits per heavy atom. The molecule has 0 N–H and O–H groups in total. The standard InChI is InChI=1S/C14H12N2O4/c1-2-15-13(8-5-11(9-17)14(15)18)10-3-6-12(7-4-10)16(19)20/h3-9H,2H2,1H3. The van der Waals surface area contributed by atoms with E-state index in [-0.39, 0.29) is 16.8 Å². The lowest BCUT2D eigenvalue weighted by atomic mass is 10.1. The summed E-state index contributed by atoms with van der Waals surface area (Å²) in [5.74, 6) is 0. The summed E-state index contributed by atoms with van der Waals surface area (Å²) in [7, 11) is 0. The van der Waals surface area contributed by atoms with Gasteiger partial charge in [-0.2, -0.15) is 0 Å². The van der Waals surface area contributed by atoms with Gasteiger partial charge in [-0.15, -0.1) is 0 Å². The number of nitro benzene ring substituents is 1. The lowest BCUT2D eigenvalue weighted by Crippen LogP contribution is -2.24. The molecule has 0 saturated heterocycles. The Kier molecular flexibility index (Phi) is 3.74. The molecule has 20 heavy (non-hydrogen) atoms. The van der Waals surface area contributed by atoms with E-state index in [2.05, 4.69) is 0 Å². The molecule has 0 saturated carbocycles. The normalized spacial score (nSPS) is 10.2. The Labute approximate surface area is 114 Å². The number of non-ortho nitro benzene ring substituents is 1. The van der Waals surface area contributed by atoms with E-state index in [0.717, 1.165) is 0 Å². The predicted molar refractivity (Wildman–Crippen MR) is 73.9 cm³/mol. The van der Waals surface area contributed by atoms with Crippen molar-refractivity contribution in [1.82, 2.24) is 4.57 Å². The van der Waals surface area contributed by atoms with Gasteiger partial charge in [0.05, 0.1) is 16.2 Å². The Morgan fingerprint density at radius 2 is 1.85 bits per heavy atom. The summed E-state index contributed by atoms with van der Waals surface area (Å²) in [6.07, 6.45) is 0.522. The molecule has 1 heterocycles. The van der Waals surface area contributed by atoms with Crippen molar-refractivity contribution in [3.8, 4) is 11.3 Å². The largest absolute Gasteiger partial charge is 0.308 e. The number of nitro groups is 1. The van der Waals surface area contributed by atoms with Crippen LogP contribution in [0.25, 0.3) is 11.3 Å². The van der Waals surface area contributed by atoms with Crippen molar-refractivity contribution in [3.05, 3.63) is 62.4 Å². The molecule has 2 aromatic rings. The number of hydrogen-bond acceptors (Lipinski definition) is 4. The third-order valence-electron chi connectivity index (χ3n) is 3.02. The minimum atomic E-state index is -0.480. The van der Waals surface area contributed by atoms with Crippen molar-refractivity contribution in [3.63, 3.8) is 0 Å². The molecule has 0 radical (unpaired) electrons. The third kappa shape index (κ3) is 2.35. The summed E-state index contributed by atoms with van der Waals surface area (Å²) in [6.45, 7) is 2.21. The van der Waals surface area contributed by atoms with E-state index in [9.17, 15) is 19.7 Å². The number of aldehydes is 1. The quantitative estimate of drug-likeness (QED) is 0.485. The summed E-state index contributed by atoms with van der Waals surface area (Å²) >= 11 is 0. The molecule has 2 rings (SSSR count). The first-order valence-electron chi connectivity index (χ1n) is 6.02. The lowest BCUT2D eigenvalue weighted by molar-refractivity contribution is -0.384. The third-order valence-corrected chi connectivity index (χ3v) is 3.02. The molecule has 6 heteroatoms. The van der Waals surface area contributed by atoms with Crippen LogP contribution in [0.4, 0.5) is 5.69 Å². The molecular formula is C14H12N2O4. The maximum atomic E-state index is 12.0. The number of hydrogen-bond donors (Lipinski definition) is 0. The van der Waals surface area contributed by atoms with Gasteiger partial charge in [0.1, 0.15) is 0 Å².